The minimum absolute atomic E-state index is 0.124. The number of carbonyl (C=O) groups is 1. The lowest BCUT2D eigenvalue weighted by Gasteiger charge is -1.99. The summed E-state index contributed by atoms with van der Waals surface area (Å²) in [7, 11) is -2.48. The second-order valence-corrected chi connectivity index (χ2v) is 2.19. The Labute approximate surface area is 70.0 Å². The molecule has 58 valence electrons. The van der Waals surface area contributed by atoms with Crippen molar-refractivity contribution in [3.63, 3.8) is 0 Å². The van der Waals surface area contributed by atoms with Gasteiger partial charge in [0.25, 0.3) is 0 Å². The van der Waals surface area contributed by atoms with Crippen molar-refractivity contribution in [3.05, 3.63) is 29.8 Å². The van der Waals surface area contributed by atoms with Gasteiger partial charge in [0.05, 0.1) is 11.2 Å². The molecule has 0 aromatic heterocycles. The standard InChI is InChI=1S/C9H10O2/c1-7(10)8-4-3-5-9(6-8)11-2/h3-6H,1-2H3/i2D3. The van der Waals surface area contributed by atoms with Crippen LogP contribution >= 0.6 is 0 Å². The summed E-state index contributed by atoms with van der Waals surface area (Å²) < 4.78 is 25.3. The average molecular weight is 153 g/mol. The fourth-order valence-electron chi connectivity index (χ4n) is 0.779. The van der Waals surface area contributed by atoms with Gasteiger partial charge in [0.1, 0.15) is 5.75 Å². The van der Waals surface area contributed by atoms with Crippen molar-refractivity contribution < 1.29 is 13.6 Å². The number of ether oxygens (including phenoxy) is 1. The van der Waals surface area contributed by atoms with Crippen molar-refractivity contribution in [2.24, 2.45) is 0 Å². The van der Waals surface area contributed by atoms with Gasteiger partial charge in [-0.1, -0.05) is 12.1 Å². The van der Waals surface area contributed by atoms with Crippen LogP contribution in [0.1, 0.15) is 21.4 Å². The van der Waals surface area contributed by atoms with Crippen LogP contribution in [0.5, 0.6) is 5.75 Å². The molecular weight excluding hydrogens is 140 g/mol. The minimum atomic E-state index is -2.48. The quantitative estimate of drug-likeness (QED) is 0.606. The van der Waals surface area contributed by atoms with Crippen molar-refractivity contribution in [1.82, 2.24) is 0 Å². The number of methoxy groups -OCH3 is 1. The van der Waals surface area contributed by atoms with E-state index in [1.165, 1.54) is 19.1 Å². The van der Waals surface area contributed by atoms with Crippen LogP contribution < -0.4 is 4.74 Å². The second kappa shape index (κ2) is 3.19. The normalized spacial score (nSPS) is 14.5. The molecule has 0 heterocycles. The highest BCUT2D eigenvalue weighted by atomic mass is 16.5. The van der Waals surface area contributed by atoms with Crippen molar-refractivity contribution in [2.75, 3.05) is 7.04 Å². The highest BCUT2D eigenvalue weighted by Crippen LogP contribution is 2.12. The molecule has 0 aliphatic heterocycles. The smallest absolute Gasteiger partial charge is 0.159 e. The maximum atomic E-state index is 11.0. The first-order valence-corrected chi connectivity index (χ1v) is 3.18. The lowest BCUT2D eigenvalue weighted by Crippen LogP contribution is -1.92. The Hall–Kier alpha value is -1.31. The molecule has 0 atom stereocenters. The molecule has 1 aromatic rings. The molecule has 0 amide bonds. The van der Waals surface area contributed by atoms with Gasteiger partial charge in [-0.2, -0.15) is 0 Å². The Morgan fingerprint density at radius 2 is 2.45 bits per heavy atom. The van der Waals surface area contributed by atoms with Crippen molar-refractivity contribution in [1.29, 1.82) is 0 Å². The van der Waals surface area contributed by atoms with E-state index < -0.39 is 7.04 Å². The van der Waals surface area contributed by atoms with E-state index in [-0.39, 0.29) is 11.5 Å². The average Bonchev–Trinajstić information content (AvgIpc) is 2.01. The third-order valence-corrected chi connectivity index (χ3v) is 1.36. The van der Waals surface area contributed by atoms with Gasteiger partial charge in [-0.15, -0.1) is 0 Å². The van der Waals surface area contributed by atoms with Crippen LogP contribution in [0.25, 0.3) is 0 Å². The summed E-state index contributed by atoms with van der Waals surface area (Å²) in [5, 5.41) is 0. The number of ketones is 1. The molecule has 0 radical (unpaired) electrons. The molecule has 0 saturated carbocycles. The zero-order valence-corrected chi connectivity index (χ0v) is 6.13. The van der Waals surface area contributed by atoms with E-state index in [0.717, 1.165) is 0 Å². The monoisotopic (exact) mass is 153 g/mol. The molecule has 0 fully saturated rings. The molecule has 0 unspecified atom stereocenters. The zero-order valence-electron chi connectivity index (χ0n) is 9.13. The van der Waals surface area contributed by atoms with Crippen molar-refractivity contribution in [3.8, 4) is 5.75 Å². The number of carbonyl (C=O) groups excluding carboxylic acids is 1. The molecule has 2 heteroatoms. The minimum Gasteiger partial charge on any atom is -0.497 e. The molecule has 2 nitrogen and oxygen atoms in total. The number of rotatable bonds is 2. The summed E-state index contributed by atoms with van der Waals surface area (Å²) in [5.41, 5.74) is 0.437. The number of hydrogen-bond acceptors (Lipinski definition) is 2. The summed E-state index contributed by atoms with van der Waals surface area (Å²) in [6.07, 6.45) is 0. The van der Waals surface area contributed by atoms with Gasteiger partial charge >= 0.3 is 0 Å². The summed E-state index contributed by atoms with van der Waals surface area (Å²) in [6, 6.07) is 6.10. The van der Waals surface area contributed by atoms with Crippen molar-refractivity contribution in [2.45, 2.75) is 6.92 Å². The topological polar surface area (TPSA) is 26.3 Å². The lowest BCUT2D eigenvalue weighted by atomic mass is 10.1. The summed E-state index contributed by atoms with van der Waals surface area (Å²) in [6.45, 7) is 1.41. The van der Waals surface area contributed by atoms with E-state index in [9.17, 15) is 4.79 Å². The fourth-order valence-corrected chi connectivity index (χ4v) is 0.779. The molecule has 0 bridgehead atoms. The predicted octanol–water partition coefficient (Wildman–Crippen LogP) is 1.90. The first kappa shape index (κ1) is 4.54. The molecule has 0 aliphatic carbocycles. The van der Waals surface area contributed by atoms with Gasteiger partial charge in [-0.05, 0) is 19.1 Å². The van der Waals surface area contributed by atoms with E-state index in [1.54, 1.807) is 12.1 Å². The number of benzene rings is 1. The van der Waals surface area contributed by atoms with Crippen LogP contribution in [0, 0.1) is 0 Å². The molecule has 0 aliphatic rings. The largest absolute Gasteiger partial charge is 0.497 e. The van der Waals surface area contributed by atoms with Crippen LogP contribution in [0.4, 0.5) is 0 Å². The molecule has 0 spiro atoms. The second-order valence-electron chi connectivity index (χ2n) is 2.19. The Morgan fingerprint density at radius 1 is 1.64 bits per heavy atom. The van der Waals surface area contributed by atoms with Gasteiger partial charge in [0, 0.05) is 5.56 Å². The maximum Gasteiger partial charge on any atom is 0.159 e. The third-order valence-electron chi connectivity index (χ3n) is 1.36. The van der Waals surface area contributed by atoms with E-state index in [1.807, 2.05) is 0 Å². The van der Waals surface area contributed by atoms with E-state index in [4.69, 9.17) is 4.11 Å². The summed E-state index contributed by atoms with van der Waals surface area (Å²) in [5.74, 6) is 0.0543. The van der Waals surface area contributed by atoms with Crippen molar-refractivity contribution >= 4 is 5.78 Å². The van der Waals surface area contributed by atoms with Crippen LogP contribution in [0.2, 0.25) is 0 Å². The Morgan fingerprint density at radius 3 is 3.09 bits per heavy atom. The molecule has 11 heavy (non-hydrogen) atoms. The molecule has 1 rings (SSSR count). The highest BCUT2D eigenvalue weighted by Gasteiger charge is 1.98. The molecule has 1 aromatic carbocycles. The van der Waals surface area contributed by atoms with Gasteiger partial charge in [-0.3, -0.25) is 4.79 Å². The third kappa shape index (κ3) is 1.80. The van der Waals surface area contributed by atoms with E-state index >= 15 is 0 Å². The molecular formula is C9H10O2. The van der Waals surface area contributed by atoms with E-state index in [0.29, 0.717) is 5.56 Å². The highest BCUT2D eigenvalue weighted by molar-refractivity contribution is 5.94. The zero-order chi connectivity index (χ0) is 10.8. The van der Waals surface area contributed by atoms with Crippen LogP contribution in [-0.2, 0) is 0 Å². The predicted molar refractivity (Wildman–Crippen MR) is 43.0 cm³/mol. The molecule has 0 saturated heterocycles. The SMILES string of the molecule is [2H]C([2H])([2H])Oc1cccc(C(C)=O)c1. The van der Waals surface area contributed by atoms with Gasteiger partial charge in [0.2, 0.25) is 0 Å². The fraction of sp³-hybridized carbons (Fsp3) is 0.222. The number of hydrogen-bond donors (Lipinski definition) is 0. The Balaban J connectivity index is 2.89. The first-order chi connectivity index (χ1) is 6.38. The van der Waals surface area contributed by atoms with Gasteiger partial charge in [-0.25, -0.2) is 0 Å². The lowest BCUT2D eigenvalue weighted by molar-refractivity contribution is 0.101. The van der Waals surface area contributed by atoms with Crippen LogP contribution in [-0.4, -0.2) is 12.8 Å². The summed E-state index contributed by atoms with van der Waals surface area (Å²) >= 11 is 0. The van der Waals surface area contributed by atoms with Crippen LogP contribution in [0.3, 0.4) is 0 Å². The first-order valence-electron chi connectivity index (χ1n) is 4.68. The molecule has 0 N–H and O–H groups in total. The summed E-state index contributed by atoms with van der Waals surface area (Å²) in [4.78, 5) is 11.0. The Bertz CT molecular complexity index is 344. The number of Topliss-reactive ketones (excluding diaryl/α,β-unsaturated/α-hetero) is 1. The van der Waals surface area contributed by atoms with Gasteiger partial charge in [0.15, 0.2) is 5.78 Å². The van der Waals surface area contributed by atoms with Gasteiger partial charge < -0.3 is 4.74 Å². The Kier molecular flexibility index (Phi) is 1.32. The van der Waals surface area contributed by atoms with E-state index in [2.05, 4.69) is 4.74 Å². The van der Waals surface area contributed by atoms with Crippen LogP contribution in [0.15, 0.2) is 24.3 Å². The maximum absolute atomic E-state index is 11.0.